The molecule has 0 atom stereocenters. The number of hydrogen-bond donors (Lipinski definition) is 0. The molecule has 0 bridgehead atoms. The van der Waals surface area contributed by atoms with Gasteiger partial charge in [0.1, 0.15) is 8.64 Å². The van der Waals surface area contributed by atoms with Crippen LogP contribution in [0.3, 0.4) is 0 Å². The van der Waals surface area contributed by atoms with Gasteiger partial charge in [0.15, 0.2) is 0 Å². The van der Waals surface area contributed by atoms with Gasteiger partial charge in [-0.25, -0.2) is 0 Å². The molecule has 28 heavy (non-hydrogen) atoms. The lowest BCUT2D eigenvalue weighted by atomic mass is 10.2. The van der Waals surface area contributed by atoms with Gasteiger partial charge in [0.2, 0.25) is 0 Å². The Morgan fingerprint density at radius 1 is 0.821 bits per heavy atom. The van der Waals surface area contributed by atoms with Crippen LogP contribution >= 0.6 is 68.7 Å². The molecule has 0 N–H and O–H groups in total. The normalized spacial score (nSPS) is 11.2. The molecule has 2 aromatic rings. The molecule has 0 saturated carbocycles. The highest BCUT2D eigenvalue weighted by molar-refractivity contribution is 8.89. The summed E-state index contributed by atoms with van der Waals surface area (Å²) in [6, 6.07) is 8.55. The van der Waals surface area contributed by atoms with E-state index >= 15 is 0 Å². The first-order chi connectivity index (χ1) is 13.3. The van der Waals surface area contributed by atoms with Gasteiger partial charge in [-0.2, -0.15) is 0 Å². The van der Waals surface area contributed by atoms with E-state index in [4.69, 9.17) is 24.4 Å². The van der Waals surface area contributed by atoms with Crippen LogP contribution in [0.15, 0.2) is 35.0 Å². The molecular formula is C20H28N2S6. The van der Waals surface area contributed by atoms with Crippen molar-refractivity contribution in [2.45, 2.75) is 40.8 Å². The van der Waals surface area contributed by atoms with Crippen molar-refractivity contribution in [1.82, 2.24) is 9.80 Å². The van der Waals surface area contributed by atoms with Crippen molar-refractivity contribution in [2.24, 2.45) is 11.8 Å². The Labute approximate surface area is 196 Å². The number of thiocarbonyl (C=S) groups is 2. The molecule has 0 amide bonds. The van der Waals surface area contributed by atoms with Crippen LogP contribution < -0.4 is 0 Å². The van der Waals surface area contributed by atoms with Crippen molar-refractivity contribution in [1.29, 1.82) is 0 Å². The summed E-state index contributed by atoms with van der Waals surface area (Å²) >= 11 is 15.1. The quantitative estimate of drug-likeness (QED) is 0.280. The summed E-state index contributed by atoms with van der Waals surface area (Å²) in [5.41, 5.74) is 0. The van der Waals surface area contributed by atoms with Crippen LogP contribution in [0.2, 0.25) is 0 Å². The van der Waals surface area contributed by atoms with E-state index in [1.54, 1.807) is 44.3 Å². The topological polar surface area (TPSA) is 6.48 Å². The van der Waals surface area contributed by atoms with Crippen LogP contribution in [0, 0.1) is 11.8 Å². The average Bonchev–Trinajstić information content (AvgIpc) is 3.31. The molecule has 2 rings (SSSR count). The summed E-state index contributed by atoms with van der Waals surface area (Å²) in [7, 11) is 3.25. The smallest absolute Gasteiger partial charge is 0.147 e. The molecule has 2 nitrogen and oxygen atoms in total. The monoisotopic (exact) mass is 488 g/mol. The molecule has 0 aliphatic carbocycles. The molecule has 2 aromatic heterocycles. The fourth-order valence-electron chi connectivity index (χ4n) is 2.65. The maximum atomic E-state index is 5.77. The average molecular weight is 489 g/mol. The Bertz CT molecular complexity index is 647. The highest BCUT2D eigenvalue weighted by Crippen LogP contribution is 2.31. The van der Waals surface area contributed by atoms with Crippen molar-refractivity contribution >= 4 is 77.3 Å². The van der Waals surface area contributed by atoms with Crippen LogP contribution in [0.25, 0.3) is 0 Å². The van der Waals surface area contributed by atoms with E-state index in [1.165, 1.54) is 9.75 Å². The second kappa shape index (κ2) is 12.5. The molecule has 0 saturated heterocycles. The number of thiophene rings is 2. The zero-order valence-electron chi connectivity index (χ0n) is 16.8. The highest BCUT2D eigenvalue weighted by Gasteiger charge is 2.18. The molecule has 8 heteroatoms. The number of nitrogens with zero attached hydrogens (tertiary/aromatic N) is 2. The maximum Gasteiger partial charge on any atom is 0.147 e. The Kier molecular flexibility index (Phi) is 10.8. The fourth-order valence-corrected chi connectivity index (χ4v) is 6.67. The minimum Gasteiger partial charge on any atom is -0.351 e. The van der Waals surface area contributed by atoms with E-state index < -0.39 is 0 Å². The van der Waals surface area contributed by atoms with Gasteiger partial charge in [-0.3, -0.25) is 0 Å². The molecular weight excluding hydrogens is 461 g/mol. The summed E-state index contributed by atoms with van der Waals surface area (Å²) in [6.07, 6.45) is 0. The highest BCUT2D eigenvalue weighted by atomic mass is 33.1. The molecule has 0 fully saturated rings. The van der Waals surface area contributed by atoms with Crippen LogP contribution in [0.5, 0.6) is 0 Å². The zero-order valence-corrected chi connectivity index (χ0v) is 21.7. The first-order valence-electron chi connectivity index (χ1n) is 9.32. The molecule has 0 aliphatic heterocycles. The van der Waals surface area contributed by atoms with Gasteiger partial charge in [0.05, 0.1) is 13.1 Å². The largest absolute Gasteiger partial charge is 0.351 e. The zero-order chi connectivity index (χ0) is 20.5. The third-order valence-electron chi connectivity index (χ3n) is 3.73. The van der Waals surface area contributed by atoms with Crippen molar-refractivity contribution in [2.75, 3.05) is 13.1 Å². The lowest BCUT2D eigenvalue weighted by molar-refractivity contribution is 0.373. The van der Waals surface area contributed by atoms with Crippen LogP contribution in [0.1, 0.15) is 37.4 Å². The second-order valence-corrected chi connectivity index (χ2v) is 12.9. The van der Waals surface area contributed by atoms with Crippen LogP contribution in [0.4, 0.5) is 0 Å². The Hall–Kier alpha value is -0.120. The number of rotatable bonds is 8. The molecule has 0 aliphatic rings. The van der Waals surface area contributed by atoms with Crippen LogP contribution in [-0.4, -0.2) is 31.5 Å². The molecule has 0 spiro atoms. The predicted molar refractivity (Wildman–Crippen MR) is 140 cm³/mol. The van der Waals surface area contributed by atoms with Crippen molar-refractivity contribution < 1.29 is 0 Å². The van der Waals surface area contributed by atoms with Crippen molar-refractivity contribution in [3.8, 4) is 0 Å². The van der Waals surface area contributed by atoms with E-state index in [0.717, 1.165) is 34.8 Å². The van der Waals surface area contributed by atoms with Gasteiger partial charge in [-0.1, -0.05) is 64.3 Å². The van der Waals surface area contributed by atoms with Gasteiger partial charge < -0.3 is 9.80 Å². The fraction of sp³-hybridized carbons (Fsp3) is 0.500. The van der Waals surface area contributed by atoms with Gasteiger partial charge in [-0.15, -0.1) is 22.7 Å². The second-order valence-electron chi connectivity index (χ2n) is 7.41. The van der Waals surface area contributed by atoms with Crippen LogP contribution in [-0.2, 0) is 13.1 Å². The van der Waals surface area contributed by atoms with Crippen molar-refractivity contribution in [3.05, 3.63) is 44.8 Å². The first kappa shape index (κ1) is 24.2. The summed E-state index contributed by atoms with van der Waals surface area (Å²) in [4.78, 5) is 7.29. The molecule has 0 unspecified atom stereocenters. The third-order valence-corrected chi connectivity index (χ3v) is 9.18. The number of hydrogen-bond acceptors (Lipinski definition) is 6. The van der Waals surface area contributed by atoms with E-state index in [9.17, 15) is 0 Å². The van der Waals surface area contributed by atoms with E-state index in [-0.39, 0.29) is 0 Å². The summed E-state index contributed by atoms with van der Waals surface area (Å²) in [5, 5.41) is 4.24. The lowest BCUT2D eigenvalue weighted by Gasteiger charge is -2.28. The summed E-state index contributed by atoms with van der Waals surface area (Å²) in [5.74, 6) is 1.12. The SMILES string of the molecule is CC(C)CN(Cc1cccs1)C(=S)SSC(=S)N(Cc1cccs1)CC(C)C. The Morgan fingerprint density at radius 3 is 1.50 bits per heavy atom. The third kappa shape index (κ3) is 8.71. The molecule has 0 radical (unpaired) electrons. The van der Waals surface area contributed by atoms with Gasteiger partial charge in [-0.05, 0) is 56.3 Å². The Balaban J connectivity index is 1.94. The minimum atomic E-state index is 0.562. The lowest BCUT2D eigenvalue weighted by Crippen LogP contribution is -2.32. The first-order valence-corrected chi connectivity index (χ1v) is 14.0. The molecule has 0 aromatic carbocycles. The van der Waals surface area contributed by atoms with E-state index in [0.29, 0.717) is 11.8 Å². The van der Waals surface area contributed by atoms with E-state index in [1.807, 2.05) is 0 Å². The summed E-state index contributed by atoms with van der Waals surface area (Å²) in [6.45, 7) is 12.6. The molecule has 2 heterocycles. The summed E-state index contributed by atoms with van der Waals surface area (Å²) < 4.78 is 1.82. The van der Waals surface area contributed by atoms with Crippen molar-refractivity contribution in [3.63, 3.8) is 0 Å². The van der Waals surface area contributed by atoms with Gasteiger partial charge >= 0.3 is 0 Å². The van der Waals surface area contributed by atoms with Gasteiger partial charge in [0, 0.05) is 22.8 Å². The standard InChI is InChI=1S/C20H28N2S6/c1-15(2)11-21(13-17-7-5-9-25-17)19(23)27-28-20(24)22(12-16(3)4)14-18-8-6-10-26-18/h5-10,15-16H,11-14H2,1-4H3. The van der Waals surface area contributed by atoms with E-state index in [2.05, 4.69) is 72.5 Å². The predicted octanol–water partition coefficient (Wildman–Crippen LogP) is 7.38. The van der Waals surface area contributed by atoms with Gasteiger partial charge in [0.25, 0.3) is 0 Å². The Morgan fingerprint density at radius 2 is 1.21 bits per heavy atom. The minimum absolute atomic E-state index is 0.562. The maximum absolute atomic E-state index is 5.77. The molecule has 154 valence electrons.